The third-order valence-electron chi connectivity index (χ3n) is 6.88. The number of para-hydroxylation sites is 1. The zero-order chi connectivity index (χ0) is 29.1. The quantitative estimate of drug-likeness (QED) is 0.182. The van der Waals surface area contributed by atoms with Gasteiger partial charge in [0.1, 0.15) is 34.8 Å². The van der Waals surface area contributed by atoms with E-state index in [1.54, 1.807) is 25.3 Å². The number of aromatic amines is 1. The van der Waals surface area contributed by atoms with Gasteiger partial charge in [0.15, 0.2) is 5.78 Å². The maximum absolute atomic E-state index is 14.8. The number of amides is 3. The van der Waals surface area contributed by atoms with E-state index in [9.17, 15) is 23.6 Å². The van der Waals surface area contributed by atoms with Gasteiger partial charge in [0, 0.05) is 62.1 Å². The Morgan fingerprint density at radius 1 is 1.10 bits per heavy atom. The number of rotatable bonds is 11. The van der Waals surface area contributed by atoms with Crippen molar-refractivity contribution in [3.63, 3.8) is 0 Å². The van der Waals surface area contributed by atoms with Gasteiger partial charge in [0.05, 0.1) is 10.5 Å². The highest BCUT2D eigenvalue weighted by molar-refractivity contribution is 6.35. The summed E-state index contributed by atoms with van der Waals surface area (Å²) < 4.78 is 20.4. The van der Waals surface area contributed by atoms with E-state index in [1.807, 2.05) is 12.1 Å². The number of pyridine rings is 1. The zero-order valence-electron chi connectivity index (χ0n) is 22.1. The van der Waals surface area contributed by atoms with Gasteiger partial charge in [-0.15, -0.1) is 0 Å². The lowest BCUT2D eigenvalue weighted by atomic mass is 10.0. The van der Waals surface area contributed by atoms with Crippen LogP contribution in [0.2, 0.25) is 5.02 Å². The zero-order valence-corrected chi connectivity index (χ0v) is 22.8. The fourth-order valence-corrected chi connectivity index (χ4v) is 4.94. The number of ether oxygens (including phenoxy) is 1. The van der Waals surface area contributed by atoms with E-state index in [1.165, 1.54) is 24.4 Å². The van der Waals surface area contributed by atoms with Crippen molar-refractivity contribution in [1.82, 2.24) is 20.2 Å². The van der Waals surface area contributed by atoms with E-state index in [0.29, 0.717) is 17.2 Å². The Morgan fingerprint density at radius 2 is 1.90 bits per heavy atom. The molecule has 0 aliphatic carbocycles. The number of benzene rings is 2. The molecule has 2 N–H and O–H groups in total. The number of hydrogen-bond donors (Lipinski definition) is 2. The number of carbonyl (C=O) groups excluding carboxylic acids is 4. The fraction of sp³-hybridized carbons (Fsp3) is 0.233. The van der Waals surface area contributed by atoms with Gasteiger partial charge in [-0.3, -0.25) is 24.3 Å². The van der Waals surface area contributed by atoms with Gasteiger partial charge >= 0.3 is 6.03 Å². The van der Waals surface area contributed by atoms with Gasteiger partial charge in [0.25, 0.3) is 5.91 Å². The second-order valence-electron chi connectivity index (χ2n) is 9.65. The normalized spacial score (nSPS) is 14.9. The van der Waals surface area contributed by atoms with Crippen LogP contribution in [0.3, 0.4) is 0 Å². The standard InChI is InChI=1S/C30H26ClFN4O5/c1-2-27(38)25-15-21(8-10-33-25)41-20-7-6-17(24(32)14-20)12-19(37)9-11-36-29(39)26(35-30(36)40)13-18-16-34-28-22(18)4-3-5-23(28)31/h3-8,10,14-16,26,34H,2,9,11-13H2,1H3,(H,35,40). The molecule has 1 atom stereocenters. The number of nitrogens with one attached hydrogen (secondary N) is 2. The monoisotopic (exact) mass is 576 g/mol. The third-order valence-corrected chi connectivity index (χ3v) is 7.20. The van der Waals surface area contributed by atoms with Crippen LogP contribution in [0.5, 0.6) is 11.5 Å². The summed E-state index contributed by atoms with van der Waals surface area (Å²) in [6.45, 7) is 1.62. The smallest absolute Gasteiger partial charge is 0.324 e. The first-order chi connectivity index (χ1) is 19.7. The second-order valence-corrected chi connectivity index (χ2v) is 10.1. The molecule has 0 saturated carbocycles. The summed E-state index contributed by atoms with van der Waals surface area (Å²) in [4.78, 5) is 58.0. The number of carbonyl (C=O) groups is 4. The summed E-state index contributed by atoms with van der Waals surface area (Å²) in [5.41, 5.74) is 2.00. The Kier molecular flexibility index (Phi) is 8.11. The van der Waals surface area contributed by atoms with Crippen molar-refractivity contribution in [2.75, 3.05) is 6.54 Å². The third kappa shape index (κ3) is 6.12. The molecule has 0 spiro atoms. The number of aromatic nitrogens is 2. The number of halogens is 2. The van der Waals surface area contributed by atoms with Crippen LogP contribution >= 0.6 is 11.6 Å². The topological polar surface area (TPSA) is 121 Å². The Labute approximate surface area is 239 Å². The summed E-state index contributed by atoms with van der Waals surface area (Å²) in [5, 5.41) is 4.10. The van der Waals surface area contributed by atoms with E-state index >= 15 is 0 Å². The molecule has 11 heteroatoms. The predicted octanol–water partition coefficient (Wildman–Crippen LogP) is 5.41. The van der Waals surface area contributed by atoms with E-state index in [-0.39, 0.29) is 54.4 Å². The van der Waals surface area contributed by atoms with E-state index in [2.05, 4.69) is 15.3 Å². The van der Waals surface area contributed by atoms with Crippen molar-refractivity contribution in [2.45, 2.75) is 38.6 Å². The first kappa shape index (κ1) is 28.0. The summed E-state index contributed by atoms with van der Waals surface area (Å²) in [6, 6.07) is 11.3. The highest BCUT2D eigenvalue weighted by Crippen LogP contribution is 2.27. The van der Waals surface area contributed by atoms with Crippen LogP contribution in [0.25, 0.3) is 10.9 Å². The van der Waals surface area contributed by atoms with Gasteiger partial charge in [-0.25, -0.2) is 9.18 Å². The molecule has 41 heavy (non-hydrogen) atoms. The average Bonchev–Trinajstić information content (AvgIpc) is 3.49. The van der Waals surface area contributed by atoms with Crippen LogP contribution in [-0.4, -0.2) is 51.0 Å². The molecular formula is C30H26ClFN4O5. The number of hydrogen-bond acceptors (Lipinski definition) is 6. The predicted molar refractivity (Wildman–Crippen MR) is 150 cm³/mol. The highest BCUT2D eigenvalue weighted by Gasteiger charge is 2.38. The number of imide groups is 1. The van der Waals surface area contributed by atoms with Crippen molar-refractivity contribution < 1.29 is 28.3 Å². The number of nitrogens with zero attached hydrogens (tertiary/aromatic N) is 2. The van der Waals surface area contributed by atoms with E-state index in [0.717, 1.165) is 27.4 Å². The van der Waals surface area contributed by atoms with Gasteiger partial charge < -0.3 is 15.0 Å². The Bertz CT molecular complexity index is 1670. The molecule has 2 aromatic heterocycles. The lowest BCUT2D eigenvalue weighted by Gasteiger charge is -2.13. The molecule has 1 saturated heterocycles. The number of H-pyrrole nitrogens is 1. The maximum Gasteiger partial charge on any atom is 0.324 e. The molecule has 0 radical (unpaired) electrons. The van der Waals surface area contributed by atoms with Crippen LogP contribution in [0.4, 0.5) is 9.18 Å². The van der Waals surface area contributed by atoms with Crippen molar-refractivity contribution in [3.05, 3.63) is 88.6 Å². The molecule has 0 bridgehead atoms. The molecule has 3 heterocycles. The molecule has 9 nitrogen and oxygen atoms in total. The Hall–Kier alpha value is -4.57. The van der Waals surface area contributed by atoms with Crippen LogP contribution in [-0.2, 0) is 22.4 Å². The molecule has 5 rings (SSSR count). The van der Waals surface area contributed by atoms with Crippen molar-refractivity contribution in [1.29, 1.82) is 0 Å². The van der Waals surface area contributed by atoms with Crippen LogP contribution in [0.15, 0.2) is 60.9 Å². The lowest BCUT2D eigenvalue weighted by Crippen LogP contribution is -2.34. The average molecular weight is 577 g/mol. The van der Waals surface area contributed by atoms with Crippen molar-refractivity contribution >= 4 is 46.0 Å². The molecule has 210 valence electrons. The molecule has 1 aliphatic heterocycles. The molecule has 3 amide bonds. The number of fused-ring (bicyclic) bond motifs is 1. The summed E-state index contributed by atoms with van der Waals surface area (Å²) in [7, 11) is 0. The molecule has 2 aromatic carbocycles. The summed E-state index contributed by atoms with van der Waals surface area (Å²) >= 11 is 6.21. The summed E-state index contributed by atoms with van der Waals surface area (Å²) in [5.74, 6) is -0.998. The van der Waals surface area contributed by atoms with Crippen LogP contribution < -0.4 is 10.1 Å². The van der Waals surface area contributed by atoms with Crippen molar-refractivity contribution in [2.24, 2.45) is 0 Å². The fourth-order valence-electron chi connectivity index (χ4n) is 4.71. The number of urea groups is 1. The maximum atomic E-state index is 14.8. The van der Waals surface area contributed by atoms with Crippen LogP contribution in [0, 0.1) is 5.82 Å². The lowest BCUT2D eigenvalue weighted by molar-refractivity contribution is -0.127. The Balaban J connectivity index is 1.16. The molecular weight excluding hydrogens is 551 g/mol. The van der Waals surface area contributed by atoms with Gasteiger partial charge in [-0.1, -0.05) is 36.7 Å². The largest absolute Gasteiger partial charge is 0.457 e. The first-order valence-corrected chi connectivity index (χ1v) is 13.4. The first-order valence-electron chi connectivity index (χ1n) is 13.1. The van der Waals surface area contributed by atoms with E-state index < -0.39 is 23.8 Å². The van der Waals surface area contributed by atoms with Crippen LogP contribution in [0.1, 0.15) is 41.4 Å². The van der Waals surface area contributed by atoms with E-state index in [4.69, 9.17) is 16.3 Å². The molecule has 4 aromatic rings. The van der Waals surface area contributed by atoms with Gasteiger partial charge in [0.2, 0.25) is 0 Å². The van der Waals surface area contributed by atoms with Gasteiger partial charge in [-0.2, -0.15) is 0 Å². The molecule has 1 aliphatic rings. The minimum Gasteiger partial charge on any atom is -0.457 e. The minimum atomic E-state index is -0.767. The number of ketones is 2. The SMILES string of the molecule is CCC(=O)c1cc(Oc2ccc(CC(=O)CCN3C(=O)NC(Cc4c[nH]c5c(Cl)cccc45)C3=O)c(F)c2)ccn1. The number of Topliss-reactive ketones (excluding diaryl/α,β-unsaturated/α-hetero) is 2. The van der Waals surface area contributed by atoms with Crippen molar-refractivity contribution in [3.8, 4) is 11.5 Å². The minimum absolute atomic E-state index is 0.108. The highest BCUT2D eigenvalue weighted by atomic mass is 35.5. The van der Waals surface area contributed by atoms with Gasteiger partial charge in [-0.05, 0) is 29.3 Å². The molecule has 1 unspecified atom stereocenters. The molecule has 1 fully saturated rings. The summed E-state index contributed by atoms with van der Waals surface area (Å²) in [6.07, 6.45) is 3.44. The Morgan fingerprint density at radius 3 is 2.68 bits per heavy atom. The second kappa shape index (κ2) is 11.9.